The van der Waals surface area contributed by atoms with Gasteiger partial charge < -0.3 is 4.74 Å². The molecular weight excluding hydrogens is 348 g/mol. The zero-order chi connectivity index (χ0) is 17.5. The van der Waals surface area contributed by atoms with Crippen molar-refractivity contribution in [2.45, 2.75) is 69.9 Å². The van der Waals surface area contributed by atoms with Crippen molar-refractivity contribution in [3.63, 3.8) is 0 Å². The Bertz CT molecular complexity index is 632. The molecule has 0 N–H and O–H groups in total. The highest BCUT2D eigenvalue weighted by atomic mass is 35.5. The molecular formula is C21H29ClN2O2. The summed E-state index contributed by atoms with van der Waals surface area (Å²) in [6.07, 6.45) is 12.5. The molecule has 2 fully saturated rings. The van der Waals surface area contributed by atoms with E-state index in [2.05, 4.69) is 27.8 Å². The fourth-order valence-corrected chi connectivity index (χ4v) is 4.08. The predicted octanol–water partition coefficient (Wildman–Crippen LogP) is 4.30. The van der Waals surface area contributed by atoms with Crippen LogP contribution in [0.4, 0.5) is 0 Å². The van der Waals surface area contributed by atoms with Gasteiger partial charge in [-0.1, -0.05) is 30.7 Å². The van der Waals surface area contributed by atoms with Crippen LogP contribution in [0.25, 0.3) is 0 Å². The van der Waals surface area contributed by atoms with Crippen LogP contribution >= 0.6 is 12.4 Å². The van der Waals surface area contributed by atoms with Gasteiger partial charge in [0.1, 0.15) is 0 Å². The van der Waals surface area contributed by atoms with Crippen molar-refractivity contribution in [3.05, 3.63) is 30.1 Å². The van der Waals surface area contributed by atoms with Crippen LogP contribution in [0.3, 0.4) is 0 Å². The summed E-state index contributed by atoms with van der Waals surface area (Å²) in [4.78, 5) is 18.2. The highest BCUT2D eigenvalue weighted by molar-refractivity contribution is 5.85. The molecule has 2 aliphatic rings. The quantitative estimate of drug-likeness (QED) is 0.582. The van der Waals surface area contributed by atoms with Gasteiger partial charge in [-0.2, -0.15) is 0 Å². The Labute approximate surface area is 163 Å². The van der Waals surface area contributed by atoms with E-state index in [1.54, 1.807) is 0 Å². The van der Waals surface area contributed by atoms with Gasteiger partial charge in [0, 0.05) is 25.4 Å². The fraction of sp³-hybridized carbons (Fsp3) is 0.619. The number of likely N-dealkylation sites (tertiary alicyclic amines) is 1. The van der Waals surface area contributed by atoms with E-state index in [0.29, 0.717) is 6.04 Å². The second-order valence-electron chi connectivity index (χ2n) is 7.22. The normalized spacial score (nSPS) is 22.4. The third kappa shape index (κ3) is 5.46. The Morgan fingerprint density at radius 3 is 2.81 bits per heavy atom. The molecule has 0 amide bonds. The molecule has 0 spiro atoms. The van der Waals surface area contributed by atoms with E-state index in [9.17, 15) is 4.79 Å². The second kappa shape index (κ2) is 9.94. The zero-order valence-electron chi connectivity index (χ0n) is 15.6. The topological polar surface area (TPSA) is 42.4 Å². The molecule has 0 bridgehead atoms. The van der Waals surface area contributed by atoms with Crippen molar-refractivity contribution < 1.29 is 9.53 Å². The Hall–Kier alpha value is -1.57. The monoisotopic (exact) mass is 376 g/mol. The van der Waals surface area contributed by atoms with Crippen LogP contribution in [-0.2, 0) is 9.53 Å². The summed E-state index contributed by atoms with van der Waals surface area (Å²) in [5.74, 6) is 6.46. The standard InChI is InChI=1S/C21H28N2O2.ClH/c1-18(24)25-21(11-4-2-5-12-21)13-8-16-23-15-6-3-10-20(23)19-9-7-14-22-17-19;/h7,9,14,17,20H,2-6,10-12,15-16H2,1H3;1H. The van der Waals surface area contributed by atoms with Gasteiger partial charge in [-0.15, -0.1) is 12.4 Å². The van der Waals surface area contributed by atoms with Crippen LogP contribution in [0.15, 0.2) is 24.5 Å². The van der Waals surface area contributed by atoms with Crippen molar-refractivity contribution in [2.24, 2.45) is 0 Å². The Kier molecular flexibility index (Phi) is 7.93. The van der Waals surface area contributed by atoms with Crippen molar-refractivity contribution in [3.8, 4) is 11.8 Å². The van der Waals surface area contributed by atoms with Crippen molar-refractivity contribution in [2.75, 3.05) is 13.1 Å². The van der Waals surface area contributed by atoms with E-state index in [0.717, 1.165) is 45.2 Å². The van der Waals surface area contributed by atoms with E-state index < -0.39 is 5.60 Å². The summed E-state index contributed by atoms with van der Waals surface area (Å²) in [6, 6.07) is 4.56. The number of pyridine rings is 1. The number of esters is 1. The summed E-state index contributed by atoms with van der Waals surface area (Å²) >= 11 is 0. The molecule has 0 aromatic carbocycles. The van der Waals surface area contributed by atoms with Gasteiger partial charge in [-0.3, -0.25) is 14.7 Å². The smallest absolute Gasteiger partial charge is 0.304 e. The van der Waals surface area contributed by atoms with Crippen LogP contribution in [0.2, 0.25) is 0 Å². The van der Waals surface area contributed by atoms with Crippen LogP contribution in [0.5, 0.6) is 0 Å². The molecule has 1 aliphatic heterocycles. The third-order valence-corrected chi connectivity index (χ3v) is 5.28. The average Bonchev–Trinajstić information content (AvgIpc) is 2.63. The minimum atomic E-state index is -0.552. The number of hydrogen-bond donors (Lipinski definition) is 0. The number of carbonyl (C=O) groups is 1. The van der Waals surface area contributed by atoms with Gasteiger partial charge in [0.05, 0.1) is 6.54 Å². The van der Waals surface area contributed by atoms with Gasteiger partial charge in [0.25, 0.3) is 0 Å². The first-order valence-electron chi connectivity index (χ1n) is 9.52. The average molecular weight is 377 g/mol. The van der Waals surface area contributed by atoms with E-state index >= 15 is 0 Å². The van der Waals surface area contributed by atoms with Crippen molar-refractivity contribution in [1.82, 2.24) is 9.88 Å². The molecule has 142 valence electrons. The summed E-state index contributed by atoms with van der Waals surface area (Å²) in [6.45, 7) is 3.28. The third-order valence-electron chi connectivity index (χ3n) is 5.28. The lowest BCUT2D eigenvalue weighted by atomic mass is 9.85. The molecule has 1 aromatic heterocycles. The number of aromatic nitrogens is 1. The number of rotatable bonds is 3. The lowest BCUT2D eigenvalue weighted by Crippen LogP contribution is -2.36. The van der Waals surface area contributed by atoms with Gasteiger partial charge in [0.15, 0.2) is 5.60 Å². The Morgan fingerprint density at radius 2 is 2.12 bits per heavy atom. The molecule has 3 rings (SSSR count). The number of halogens is 1. The van der Waals surface area contributed by atoms with Gasteiger partial charge >= 0.3 is 5.97 Å². The van der Waals surface area contributed by atoms with Crippen LogP contribution in [0.1, 0.15) is 69.9 Å². The van der Waals surface area contributed by atoms with Gasteiger partial charge in [-0.05, 0) is 56.7 Å². The van der Waals surface area contributed by atoms with Crippen LogP contribution < -0.4 is 0 Å². The number of hydrogen-bond acceptors (Lipinski definition) is 4. The minimum absolute atomic E-state index is 0. The maximum Gasteiger partial charge on any atom is 0.304 e. The highest BCUT2D eigenvalue weighted by Gasteiger charge is 2.33. The van der Waals surface area contributed by atoms with Crippen LogP contribution in [-0.4, -0.2) is 34.5 Å². The number of nitrogens with zero attached hydrogens (tertiary/aromatic N) is 2. The molecule has 1 saturated heterocycles. The zero-order valence-corrected chi connectivity index (χ0v) is 16.4. The molecule has 5 heteroatoms. The number of carbonyl (C=O) groups excluding carboxylic acids is 1. The SMILES string of the molecule is CC(=O)OC1(C#CCN2CCCCC2c2cccnc2)CCCCC1.Cl. The first-order valence-corrected chi connectivity index (χ1v) is 9.52. The van der Waals surface area contributed by atoms with Gasteiger partial charge in [0.2, 0.25) is 0 Å². The van der Waals surface area contributed by atoms with Crippen molar-refractivity contribution in [1.29, 1.82) is 0 Å². The molecule has 1 aromatic rings. The van der Waals surface area contributed by atoms with E-state index in [1.807, 2.05) is 18.5 Å². The first kappa shape index (κ1) is 20.7. The largest absolute Gasteiger partial charge is 0.446 e. The maximum absolute atomic E-state index is 11.5. The molecule has 26 heavy (non-hydrogen) atoms. The summed E-state index contributed by atoms with van der Waals surface area (Å²) in [7, 11) is 0. The van der Waals surface area contributed by atoms with E-state index in [1.165, 1.54) is 31.7 Å². The molecule has 0 radical (unpaired) electrons. The molecule has 1 atom stereocenters. The highest BCUT2D eigenvalue weighted by Crippen LogP contribution is 2.32. The molecule has 1 saturated carbocycles. The Morgan fingerprint density at radius 1 is 1.31 bits per heavy atom. The van der Waals surface area contributed by atoms with E-state index in [-0.39, 0.29) is 18.4 Å². The summed E-state index contributed by atoms with van der Waals surface area (Å²) in [5.41, 5.74) is 0.722. The second-order valence-corrected chi connectivity index (χ2v) is 7.22. The number of piperidine rings is 1. The molecule has 1 aliphatic carbocycles. The lowest BCUT2D eigenvalue weighted by Gasteiger charge is -2.35. The van der Waals surface area contributed by atoms with E-state index in [4.69, 9.17) is 4.74 Å². The van der Waals surface area contributed by atoms with Gasteiger partial charge in [-0.25, -0.2) is 0 Å². The lowest BCUT2D eigenvalue weighted by molar-refractivity contribution is -0.153. The van der Waals surface area contributed by atoms with Crippen molar-refractivity contribution >= 4 is 18.4 Å². The fourth-order valence-electron chi connectivity index (χ4n) is 4.08. The first-order chi connectivity index (χ1) is 12.2. The predicted molar refractivity (Wildman–Crippen MR) is 105 cm³/mol. The molecule has 2 heterocycles. The molecule has 4 nitrogen and oxygen atoms in total. The van der Waals surface area contributed by atoms with Crippen LogP contribution in [0, 0.1) is 11.8 Å². The minimum Gasteiger partial charge on any atom is -0.446 e. The summed E-state index contributed by atoms with van der Waals surface area (Å²) in [5, 5.41) is 0. The number of ether oxygens (including phenoxy) is 1. The summed E-state index contributed by atoms with van der Waals surface area (Å²) < 4.78 is 5.64. The maximum atomic E-state index is 11.5. The Balaban J connectivity index is 0.00000243. The molecule has 1 unspecified atom stereocenters.